The predicted molar refractivity (Wildman–Crippen MR) is 196 cm³/mol. The molecule has 0 radical (unpaired) electrons. The summed E-state index contributed by atoms with van der Waals surface area (Å²) >= 11 is 0. The minimum atomic E-state index is -0.720. The van der Waals surface area contributed by atoms with E-state index in [1.165, 1.54) is 18.4 Å². The van der Waals surface area contributed by atoms with Crippen molar-refractivity contribution in [2.45, 2.75) is 140 Å². The summed E-state index contributed by atoms with van der Waals surface area (Å²) in [5, 5.41) is 12.0. The fourth-order valence-electron chi connectivity index (χ4n) is 10.7. The molecule has 9 rings (SSSR count). The first-order chi connectivity index (χ1) is 25.5. The smallest absolute Gasteiger partial charge is 0.338 e. The first-order valence-electron chi connectivity index (χ1n) is 20.4. The molecule has 53 heavy (non-hydrogen) atoms. The standard InChI is InChI=1S/C43H56N2O8/c1-41(2)24-31-26(9-14-36-42(3,52-36)16-15-32(31)41)20-25-6-4-7-27(21-25)40(49)50-34-22-28(39(48)45-18-5-8-33(45)38(47)44-17-19-46)23-35-37(34)53-43(51-35,29-10-11-29)30-12-13-30/h4,6-7,20-21,23,29-37,46H,5,8-19,22,24H2,1-3H3,(H,44,47)/t31-,32-,33-,34-,35-,36?,37+,42-/m1/s1. The van der Waals surface area contributed by atoms with E-state index in [4.69, 9.17) is 18.9 Å². The van der Waals surface area contributed by atoms with Crippen molar-refractivity contribution in [2.75, 3.05) is 19.7 Å². The van der Waals surface area contributed by atoms with E-state index in [1.54, 1.807) is 11.0 Å². The zero-order chi connectivity index (χ0) is 36.7. The Morgan fingerprint density at radius 1 is 1.02 bits per heavy atom. The van der Waals surface area contributed by atoms with Crippen LogP contribution in [0.15, 0.2) is 41.5 Å². The Balaban J connectivity index is 0.955. The predicted octanol–water partition coefficient (Wildman–Crippen LogP) is 5.72. The molecule has 7 fully saturated rings. The van der Waals surface area contributed by atoms with Gasteiger partial charge >= 0.3 is 5.97 Å². The van der Waals surface area contributed by atoms with E-state index < -0.39 is 36.1 Å². The van der Waals surface area contributed by atoms with Gasteiger partial charge in [-0.1, -0.05) is 37.6 Å². The third-order valence-electron chi connectivity index (χ3n) is 14.0. The zero-order valence-electron chi connectivity index (χ0n) is 31.5. The molecule has 1 aromatic carbocycles. The van der Waals surface area contributed by atoms with Gasteiger partial charge in [0.25, 0.3) is 0 Å². The van der Waals surface area contributed by atoms with Crippen LogP contribution in [0.5, 0.6) is 0 Å². The van der Waals surface area contributed by atoms with Crippen LogP contribution >= 0.6 is 0 Å². The summed E-state index contributed by atoms with van der Waals surface area (Å²) in [7, 11) is 0. The number of hydrogen-bond donors (Lipinski definition) is 2. The lowest BCUT2D eigenvalue weighted by atomic mass is 9.52. The number of nitrogens with one attached hydrogen (secondary N) is 1. The number of allylic oxidation sites excluding steroid dienone is 1. The second kappa shape index (κ2) is 13.3. The maximum absolute atomic E-state index is 14.1. The summed E-state index contributed by atoms with van der Waals surface area (Å²) in [5.74, 6) is 0.170. The summed E-state index contributed by atoms with van der Waals surface area (Å²) in [6.07, 6.45) is 13.9. The van der Waals surface area contributed by atoms with E-state index >= 15 is 0 Å². The molecule has 10 nitrogen and oxygen atoms in total. The molecule has 10 heteroatoms. The average Bonchev–Trinajstić information content (AvgIpc) is 4.10. The Morgan fingerprint density at radius 2 is 1.81 bits per heavy atom. The quantitative estimate of drug-likeness (QED) is 0.245. The topological polar surface area (TPSA) is 127 Å². The maximum atomic E-state index is 14.1. The monoisotopic (exact) mass is 728 g/mol. The number of esters is 1. The van der Waals surface area contributed by atoms with Gasteiger partial charge in [-0.25, -0.2) is 4.79 Å². The Bertz CT molecular complexity index is 1700. The minimum Gasteiger partial charge on any atom is -0.456 e. The average molecular weight is 729 g/mol. The number of rotatable bonds is 9. The molecule has 3 heterocycles. The lowest BCUT2D eigenvalue weighted by molar-refractivity contribution is -0.209. The molecule has 4 saturated carbocycles. The van der Waals surface area contributed by atoms with Gasteiger partial charge in [0.05, 0.1) is 23.9 Å². The van der Waals surface area contributed by atoms with E-state index in [-0.39, 0.29) is 37.0 Å². The summed E-state index contributed by atoms with van der Waals surface area (Å²) in [4.78, 5) is 42.8. The summed E-state index contributed by atoms with van der Waals surface area (Å²) in [5.41, 5.74) is 3.77. The minimum absolute atomic E-state index is 0.0311. The number of epoxide rings is 1. The van der Waals surface area contributed by atoms with Crippen LogP contribution in [0.4, 0.5) is 0 Å². The van der Waals surface area contributed by atoms with Gasteiger partial charge in [-0.3, -0.25) is 9.59 Å². The molecule has 0 spiro atoms. The fraction of sp³-hybridized carbons (Fsp3) is 0.698. The summed E-state index contributed by atoms with van der Waals surface area (Å²) in [6.45, 7) is 7.51. The van der Waals surface area contributed by atoms with Crippen LogP contribution in [-0.2, 0) is 28.5 Å². The number of carbonyl (C=O) groups is 3. The molecule has 8 atom stereocenters. The lowest BCUT2D eigenvalue weighted by Crippen LogP contribution is -2.49. The van der Waals surface area contributed by atoms with Crippen LogP contribution in [0.2, 0.25) is 0 Å². The van der Waals surface area contributed by atoms with E-state index in [2.05, 4.69) is 38.2 Å². The molecular formula is C43H56N2O8. The molecule has 2 amide bonds. The summed E-state index contributed by atoms with van der Waals surface area (Å²) < 4.78 is 26.2. The van der Waals surface area contributed by atoms with Gasteiger partial charge in [-0.05, 0) is 119 Å². The van der Waals surface area contributed by atoms with E-state index in [0.717, 1.165) is 50.5 Å². The number of likely N-dealkylation sites (tertiary alicyclic amines) is 1. The number of fused-ring (bicyclic) bond motifs is 3. The largest absolute Gasteiger partial charge is 0.456 e. The van der Waals surface area contributed by atoms with E-state index in [9.17, 15) is 19.5 Å². The number of hydrogen-bond acceptors (Lipinski definition) is 8. The van der Waals surface area contributed by atoms with Crippen molar-refractivity contribution in [1.29, 1.82) is 0 Å². The van der Waals surface area contributed by atoms with Crippen LogP contribution in [0.25, 0.3) is 6.08 Å². The van der Waals surface area contributed by atoms with Crippen molar-refractivity contribution < 1.29 is 38.4 Å². The number of carbonyl (C=O) groups excluding carboxylic acids is 3. The zero-order valence-corrected chi connectivity index (χ0v) is 31.5. The molecule has 1 unspecified atom stereocenters. The van der Waals surface area contributed by atoms with Crippen LogP contribution in [0.1, 0.15) is 114 Å². The summed E-state index contributed by atoms with van der Waals surface area (Å²) in [6, 6.07) is 7.13. The number of nitrogens with zero attached hydrogens (tertiary/aromatic N) is 1. The molecule has 8 aliphatic rings. The molecule has 1 aromatic rings. The molecule has 286 valence electrons. The highest BCUT2D eigenvalue weighted by Gasteiger charge is 2.65. The number of ether oxygens (including phenoxy) is 4. The normalized spacial score (nSPS) is 37.5. The highest BCUT2D eigenvalue weighted by Crippen LogP contribution is 2.61. The van der Waals surface area contributed by atoms with Gasteiger partial charge in [0, 0.05) is 36.9 Å². The van der Waals surface area contributed by atoms with Crippen molar-refractivity contribution >= 4 is 23.9 Å². The van der Waals surface area contributed by atoms with E-state index in [0.29, 0.717) is 65.7 Å². The molecular weight excluding hydrogens is 672 g/mol. The lowest BCUT2D eigenvalue weighted by Gasteiger charge is -2.53. The van der Waals surface area contributed by atoms with Gasteiger partial charge in [0.15, 0.2) is 5.79 Å². The van der Waals surface area contributed by atoms with Gasteiger partial charge < -0.3 is 34.3 Å². The van der Waals surface area contributed by atoms with Crippen molar-refractivity contribution in [1.82, 2.24) is 10.2 Å². The van der Waals surface area contributed by atoms with Crippen molar-refractivity contribution in [2.24, 2.45) is 29.1 Å². The first-order valence-corrected chi connectivity index (χ1v) is 20.4. The van der Waals surface area contributed by atoms with Gasteiger partial charge in [0.1, 0.15) is 24.4 Å². The fourth-order valence-corrected chi connectivity index (χ4v) is 10.7. The second-order valence-electron chi connectivity index (χ2n) is 18.2. The maximum Gasteiger partial charge on any atom is 0.338 e. The van der Waals surface area contributed by atoms with Crippen LogP contribution < -0.4 is 5.32 Å². The van der Waals surface area contributed by atoms with Gasteiger partial charge in [-0.2, -0.15) is 0 Å². The Labute approximate surface area is 313 Å². The van der Waals surface area contributed by atoms with Gasteiger partial charge in [-0.15, -0.1) is 0 Å². The van der Waals surface area contributed by atoms with Crippen LogP contribution in [0, 0.1) is 29.1 Å². The number of benzene rings is 1. The van der Waals surface area contributed by atoms with Crippen molar-refractivity contribution in [3.63, 3.8) is 0 Å². The molecule has 3 saturated heterocycles. The Morgan fingerprint density at radius 3 is 2.55 bits per heavy atom. The number of aliphatic hydroxyl groups is 1. The highest BCUT2D eigenvalue weighted by atomic mass is 16.8. The SMILES string of the molecule is CC1(C)C[C@@H]2C(=Cc3cccc(C(=O)O[C@@H]4CC(C(=O)N5CCC[C@@H]5C(=O)NCCO)=C[C@H]5OC(C6CC6)(C6CC6)O[C@H]54)c3)CCC3O[C@]3(C)CC[C@H]21. The first kappa shape index (κ1) is 35.6. The molecule has 0 bridgehead atoms. The molecule has 2 N–H and O–H groups in total. The third kappa shape index (κ3) is 6.59. The van der Waals surface area contributed by atoms with Crippen molar-refractivity contribution in [3.05, 3.63) is 52.6 Å². The van der Waals surface area contributed by atoms with Crippen LogP contribution in [-0.4, -0.2) is 89.3 Å². The number of amides is 2. The molecule has 5 aliphatic carbocycles. The highest BCUT2D eigenvalue weighted by molar-refractivity contribution is 5.98. The third-order valence-corrected chi connectivity index (χ3v) is 14.0. The van der Waals surface area contributed by atoms with E-state index in [1.807, 2.05) is 18.2 Å². The van der Waals surface area contributed by atoms with Crippen molar-refractivity contribution in [3.8, 4) is 0 Å². The number of aliphatic hydroxyl groups excluding tert-OH is 1. The molecule has 0 aromatic heterocycles. The van der Waals surface area contributed by atoms with Crippen LogP contribution in [0.3, 0.4) is 0 Å². The Kier molecular flexibility index (Phi) is 8.95. The van der Waals surface area contributed by atoms with Gasteiger partial charge in [0.2, 0.25) is 11.8 Å². The Hall–Kier alpha value is -3.05. The molecule has 3 aliphatic heterocycles. The second-order valence-corrected chi connectivity index (χ2v) is 18.2.